The van der Waals surface area contributed by atoms with Gasteiger partial charge in [-0.05, 0) is 54.4 Å². The zero-order valence-corrected chi connectivity index (χ0v) is 20.9. The van der Waals surface area contributed by atoms with Crippen molar-refractivity contribution in [3.05, 3.63) is 100 Å². The van der Waals surface area contributed by atoms with Crippen LogP contribution in [0.25, 0.3) is 0 Å². The Balaban J connectivity index is 1.35. The highest BCUT2D eigenvalue weighted by atomic mass is 35.5. The van der Waals surface area contributed by atoms with Gasteiger partial charge in [0.15, 0.2) is 5.17 Å². The molecule has 2 atom stereocenters. The normalized spacial score (nSPS) is 19.3. The number of nitrogens with zero attached hydrogens (tertiary/aromatic N) is 3. The van der Waals surface area contributed by atoms with E-state index in [0.29, 0.717) is 22.3 Å². The van der Waals surface area contributed by atoms with Gasteiger partial charge in [-0.15, -0.1) is 0 Å². The molecule has 182 valence electrons. The lowest BCUT2D eigenvalue weighted by molar-refractivity contribution is -0.121. The van der Waals surface area contributed by atoms with Crippen LogP contribution in [0.4, 0.5) is 10.1 Å². The number of carbonyl (C=O) groups excluding carboxylic acids is 2. The summed E-state index contributed by atoms with van der Waals surface area (Å²) < 4.78 is 13.1. The second-order valence-electron chi connectivity index (χ2n) is 8.63. The second kappa shape index (κ2) is 10.2. The first kappa shape index (κ1) is 24.2. The molecule has 0 aliphatic carbocycles. The largest absolute Gasteiger partial charge is 0.326 e. The lowest BCUT2D eigenvalue weighted by Crippen LogP contribution is -2.25. The Morgan fingerprint density at radius 2 is 1.78 bits per heavy atom. The summed E-state index contributed by atoms with van der Waals surface area (Å²) >= 11 is 7.33. The van der Waals surface area contributed by atoms with Crippen LogP contribution < -0.4 is 5.32 Å². The highest BCUT2D eigenvalue weighted by Gasteiger charge is 2.39. The third-order valence-corrected chi connectivity index (χ3v) is 7.37. The highest BCUT2D eigenvalue weighted by Crippen LogP contribution is 2.39. The Kier molecular flexibility index (Phi) is 6.89. The van der Waals surface area contributed by atoms with Crippen molar-refractivity contribution in [3.63, 3.8) is 0 Å². The Hall–Kier alpha value is -3.49. The molecule has 2 aliphatic heterocycles. The number of nitrogens with one attached hydrogen (secondary N) is 1. The van der Waals surface area contributed by atoms with Crippen LogP contribution in [0.15, 0.2) is 82.9 Å². The lowest BCUT2D eigenvalue weighted by Gasteiger charge is -2.23. The Labute approximate surface area is 217 Å². The zero-order chi connectivity index (χ0) is 25.2. The highest BCUT2D eigenvalue weighted by molar-refractivity contribution is 8.15. The summed E-state index contributed by atoms with van der Waals surface area (Å²) in [6.07, 6.45) is 0.579. The molecule has 2 amide bonds. The molecule has 0 fully saturated rings. The monoisotopic (exact) mass is 520 g/mol. The van der Waals surface area contributed by atoms with E-state index in [2.05, 4.69) is 10.3 Å². The molecule has 3 aromatic carbocycles. The average Bonchev–Trinajstić information content (AvgIpc) is 3.45. The number of aryl methyl sites for hydroxylation is 1. The van der Waals surface area contributed by atoms with Gasteiger partial charge in [-0.1, -0.05) is 65.3 Å². The second-order valence-corrected chi connectivity index (χ2v) is 10.2. The molecule has 0 aromatic heterocycles. The Morgan fingerprint density at radius 1 is 1.08 bits per heavy atom. The van der Waals surface area contributed by atoms with Gasteiger partial charge in [0.05, 0.1) is 11.8 Å². The summed E-state index contributed by atoms with van der Waals surface area (Å²) in [7, 11) is 0. The van der Waals surface area contributed by atoms with Gasteiger partial charge in [0.25, 0.3) is 5.91 Å². The van der Waals surface area contributed by atoms with E-state index in [-0.39, 0.29) is 30.1 Å². The van der Waals surface area contributed by atoms with Gasteiger partial charge in [0.2, 0.25) is 5.91 Å². The number of carbonyl (C=O) groups is 2. The van der Waals surface area contributed by atoms with E-state index in [1.165, 1.54) is 36.0 Å². The van der Waals surface area contributed by atoms with Crippen LogP contribution in [-0.4, -0.2) is 33.0 Å². The number of aliphatic imine (C=N–C) groups is 1. The minimum Gasteiger partial charge on any atom is -0.326 e. The number of hydrogen-bond donors (Lipinski definition) is 1. The third-order valence-electron chi connectivity index (χ3n) is 5.97. The Bertz CT molecular complexity index is 1360. The Morgan fingerprint density at radius 3 is 2.47 bits per heavy atom. The van der Waals surface area contributed by atoms with Crippen LogP contribution in [0.3, 0.4) is 0 Å². The molecule has 0 radical (unpaired) electrons. The molecule has 36 heavy (non-hydrogen) atoms. The fraction of sp³-hybridized carbons (Fsp3) is 0.185. The van der Waals surface area contributed by atoms with Gasteiger partial charge in [0.1, 0.15) is 11.1 Å². The SMILES string of the molecule is Cc1ccc(C2=NN(C3=NC(=O)[C@H](CC(=O)Nc4ccc(F)cc4)S3)[C@@H](c3ccc(Cl)cc3)C2)cc1. The zero-order valence-electron chi connectivity index (χ0n) is 19.3. The van der Waals surface area contributed by atoms with E-state index in [1.807, 2.05) is 55.5 Å². The molecule has 0 spiro atoms. The number of benzene rings is 3. The van der Waals surface area contributed by atoms with Crippen molar-refractivity contribution < 1.29 is 14.0 Å². The fourth-order valence-electron chi connectivity index (χ4n) is 4.07. The quantitative estimate of drug-likeness (QED) is 0.450. The summed E-state index contributed by atoms with van der Waals surface area (Å²) in [5.41, 5.74) is 4.52. The van der Waals surface area contributed by atoms with Crippen LogP contribution >= 0.6 is 23.4 Å². The van der Waals surface area contributed by atoms with Crippen LogP contribution in [0, 0.1) is 12.7 Å². The predicted octanol–water partition coefficient (Wildman–Crippen LogP) is 5.97. The molecule has 6 nitrogen and oxygen atoms in total. The van der Waals surface area contributed by atoms with Crippen LogP contribution in [0.1, 0.15) is 35.6 Å². The molecule has 0 saturated carbocycles. The molecular formula is C27H22ClFN4O2S. The smallest absolute Gasteiger partial charge is 0.262 e. The van der Waals surface area contributed by atoms with Crippen molar-refractivity contribution in [3.8, 4) is 0 Å². The number of rotatable bonds is 5. The maximum atomic E-state index is 13.1. The van der Waals surface area contributed by atoms with E-state index in [0.717, 1.165) is 22.4 Å². The number of amides is 2. The van der Waals surface area contributed by atoms with Crippen molar-refractivity contribution in [1.82, 2.24) is 5.01 Å². The van der Waals surface area contributed by atoms with Crippen LogP contribution in [0.5, 0.6) is 0 Å². The third kappa shape index (κ3) is 5.34. The molecule has 2 aliphatic rings. The van der Waals surface area contributed by atoms with Gasteiger partial charge in [-0.2, -0.15) is 10.1 Å². The molecule has 0 unspecified atom stereocenters. The number of halogens is 2. The standard InChI is InChI=1S/C27H22ClFN4O2S/c1-16-2-4-17(5-3-16)22-14-23(18-6-8-19(28)9-7-18)33(32-22)27-31-26(35)24(36-27)15-25(34)30-21-12-10-20(29)11-13-21/h2-13,23-24H,14-15H2,1H3,(H,30,34)/t23-,24+/m1/s1. The molecule has 3 aromatic rings. The van der Waals surface area contributed by atoms with Crippen LogP contribution in [0.2, 0.25) is 5.02 Å². The van der Waals surface area contributed by atoms with Gasteiger partial charge in [-0.3, -0.25) is 9.59 Å². The van der Waals surface area contributed by atoms with Crippen molar-refractivity contribution in [1.29, 1.82) is 0 Å². The minimum atomic E-state index is -0.662. The number of amidine groups is 1. The predicted molar refractivity (Wildman–Crippen MR) is 142 cm³/mol. The van der Waals surface area contributed by atoms with Crippen molar-refractivity contribution >= 4 is 51.7 Å². The van der Waals surface area contributed by atoms with Gasteiger partial charge >= 0.3 is 0 Å². The molecule has 0 saturated heterocycles. The first-order chi connectivity index (χ1) is 17.4. The fourth-order valence-corrected chi connectivity index (χ4v) is 5.26. The molecule has 0 bridgehead atoms. The number of hydrogen-bond acceptors (Lipinski definition) is 5. The van der Waals surface area contributed by atoms with Crippen molar-refractivity contribution in [2.75, 3.05) is 5.32 Å². The molecule has 9 heteroatoms. The first-order valence-electron chi connectivity index (χ1n) is 11.4. The van der Waals surface area contributed by atoms with E-state index in [9.17, 15) is 14.0 Å². The van der Waals surface area contributed by atoms with Gasteiger partial charge < -0.3 is 5.32 Å². The van der Waals surface area contributed by atoms with E-state index < -0.39 is 5.25 Å². The maximum absolute atomic E-state index is 13.1. The van der Waals surface area contributed by atoms with Crippen molar-refractivity contribution in [2.45, 2.75) is 31.1 Å². The maximum Gasteiger partial charge on any atom is 0.262 e. The molecule has 1 N–H and O–H groups in total. The summed E-state index contributed by atoms with van der Waals surface area (Å²) in [4.78, 5) is 29.5. The van der Waals surface area contributed by atoms with E-state index in [4.69, 9.17) is 16.7 Å². The average molecular weight is 521 g/mol. The van der Waals surface area contributed by atoms with Crippen molar-refractivity contribution in [2.24, 2.45) is 10.1 Å². The molecule has 2 heterocycles. The summed E-state index contributed by atoms with van der Waals surface area (Å²) in [5, 5.41) is 9.76. The topological polar surface area (TPSA) is 74.1 Å². The lowest BCUT2D eigenvalue weighted by atomic mass is 9.98. The summed E-state index contributed by atoms with van der Waals surface area (Å²) in [6, 6.07) is 21.0. The minimum absolute atomic E-state index is 0.0537. The summed E-state index contributed by atoms with van der Waals surface area (Å²) in [6.45, 7) is 2.03. The number of thioether (sulfide) groups is 1. The number of hydrazone groups is 1. The van der Waals surface area contributed by atoms with Gasteiger partial charge in [0, 0.05) is 23.6 Å². The first-order valence-corrected chi connectivity index (χ1v) is 12.7. The molecule has 5 rings (SSSR count). The van der Waals surface area contributed by atoms with E-state index in [1.54, 1.807) is 5.01 Å². The van der Waals surface area contributed by atoms with Crippen LogP contribution in [-0.2, 0) is 9.59 Å². The van der Waals surface area contributed by atoms with Gasteiger partial charge in [-0.25, -0.2) is 9.40 Å². The summed E-state index contributed by atoms with van der Waals surface area (Å²) in [5.74, 6) is -1.11. The number of anilines is 1. The molecular weight excluding hydrogens is 499 g/mol. The van der Waals surface area contributed by atoms with E-state index >= 15 is 0 Å².